The Balaban J connectivity index is 1.58. The highest BCUT2D eigenvalue weighted by Gasteiger charge is 2.50. The first-order valence-corrected chi connectivity index (χ1v) is 19.3. The zero-order valence-corrected chi connectivity index (χ0v) is 28.4. The molecule has 13 heteroatoms. The standard InChI is InChI=1S/C33H41F2NO8SSi/c1-33(2,3)46(4,5)44-30(22-7-9-23(34)10-8-22)18-17-28-31(36(32(28)38)25-13-11-24(35)12-14-25)27-16-15-26(21-29(27)37)42-19-6-20-43-45(39,40)41/h7-16,21,28,30-31,37H,6,17-20H2,1-5H3,(H,39,40,41)/t28-,30-,31-/m1/s1. The number of hydrogen-bond acceptors (Lipinski definition) is 7. The fourth-order valence-electron chi connectivity index (χ4n) is 5.19. The summed E-state index contributed by atoms with van der Waals surface area (Å²) in [5, 5.41) is 11.0. The van der Waals surface area contributed by atoms with E-state index in [-0.39, 0.29) is 48.3 Å². The molecule has 1 aliphatic rings. The third-order valence-electron chi connectivity index (χ3n) is 8.65. The number of ether oxygens (including phenoxy) is 1. The SMILES string of the molecule is CC(C)(C)[Si](C)(C)O[C@H](CC[C@H]1C(=O)N(c2ccc(F)cc2)[C@@H]1c1ccc(OCCCOS(=O)(=O)O)cc1O)c1ccc(F)cc1. The number of rotatable bonds is 14. The maximum Gasteiger partial charge on any atom is 0.397 e. The first kappa shape index (κ1) is 35.5. The lowest BCUT2D eigenvalue weighted by molar-refractivity contribution is -0.131. The van der Waals surface area contributed by atoms with E-state index in [2.05, 4.69) is 38.0 Å². The summed E-state index contributed by atoms with van der Waals surface area (Å²) in [5.74, 6) is -1.32. The van der Waals surface area contributed by atoms with Crippen molar-refractivity contribution in [3.05, 3.63) is 89.5 Å². The number of nitrogens with zero attached hydrogens (tertiary/aromatic N) is 1. The Morgan fingerprint density at radius 2 is 1.57 bits per heavy atom. The summed E-state index contributed by atoms with van der Waals surface area (Å²) >= 11 is 0. The van der Waals surface area contributed by atoms with Crippen LogP contribution in [0, 0.1) is 17.6 Å². The van der Waals surface area contributed by atoms with Crippen molar-refractivity contribution in [1.82, 2.24) is 0 Å². The van der Waals surface area contributed by atoms with E-state index >= 15 is 0 Å². The molecule has 3 aromatic rings. The molecule has 4 rings (SSSR count). The molecule has 0 unspecified atom stereocenters. The number of amides is 1. The van der Waals surface area contributed by atoms with Crippen LogP contribution in [-0.4, -0.2) is 45.5 Å². The number of hydrogen-bond donors (Lipinski definition) is 2. The number of β-lactam (4-membered cyclic amide) rings is 1. The fourth-order valence-corrected chi connectivity index (χ4v) is 6.83. The van der Waals surface area contributed by atoms with Crippen LogP contribution >= 0.6 is 0 Å². The molecule has 1 saturated heterocycles. The van der Waals surface area contributed by atoms with Gasteiger partial charge >= 0.3 is 10.4 Å². The number of carbonyl (C=O) groups is 1. The van der Waals surface area contributed by atoms with Crippen molar-refractivity contribution in [2.75, 3.05) is 18.1 Å². The van der Waals surface area contributed by atoms with Crippen LogP contribution in [-0.2, 0) is 23.8 Å². The number of phenolic OH excluding ortho intramolecular Hbond substituents is 1. The van der Waals surface area contributed by atoms with Crippen LogP contribution in [0.1, 0.15) is 63.3 Å². The third-order valence-corrected chi connectivity index (χ3v) is 13.6. The minimum atomic E-state index is -4.54. The summed E-state index contributed by atoms with van der Waals surface area (Å²) in [4.78, 5) is 15.2. The Kier molecular flexibility index (Phi) is 10.9. The van der Waals surface area contributed by atoms with Gasteiger partial charge in [0, 0.05) is 23.7 Å². The van der Waals surface area contributed by atoms with Crippen LogP contribution < -0.4 is 9.64 Å². The molecule has 1 aliphatic heterocycles. The minimum Gasteiger partial charge on any atom is -0.507 e. The molecular weight excluding hydrogens is 637 g/mol. The van der Waals surface area contributed by atoms with Gasteiger partial charge in [0.25, 0.3) is 0 Å². The molecule has 3 atom stereocenters. The Hall–Kier alpha value is -3.36. The second-order valence-electron chi connectivity index (χ2n) is 12.9. The lowest BCUT2D eigenvalue weighted by Gasteiger charge is -2.48. The first-order valence-electron chi connectivity index (χ1n) is 15.1. The normalized spacial score (nSPS) is 17.9. The third kappa shape index (κ3) is 8.71. The van der Waals surface area contributed by atoms with E-state index in [9.17, 15) is 27.1 Å². The summed E-state index contributed by atoms with van der Waals surface area (Å²) in [6.45, 7) is 10.5. The number of halogens is 2. The molecule has 2 N–H and O–H groups in total. The number of aromatic hydroxyl groups is 1. The van der Waals surface area contributed by atoms with E-state index in [1.807, 2.05) is 0 Å². The Labute approximate surface area is 270 Å². The molecule has 0 spiro atoms. The van der Waals surface area contributed by atoms with Gasteiger partial charge in [-0.1, -0.05) is 32.9 Å². The molecule has 0 aliphatic carbocycles. The highest BCUT2D eigenvalue weighted by molar-refractivity contribution is 7.80. The smallest absolute Gasteiger partial charge is 0.397 e. The van der Waals surface area contributed by atoms with Gasteiger partial charge in [-0.05, 0) is 85.1 Å². The van der Waals surface area contributed by atoms with E-state index in [0.717, 1.165) is 5.56 Å². The topological polar surface area (TPSA) is 123 Å². The molecule has 3 aromatic carbocycles. The van der Waals surface area contributed by atoms with Crippen molar-refractivity contribution in [1.29, 1.82) is 0 Å². The molecule has 0 saturated carbocycles. The van der Waals surface area contributed by atoms with Crippen molar-refractivity contribution < 1.29 is 45.0 Å². The van der Waals surface area contributed by atoms with Gasteiger partial charge in [-0.3, -0.25) is 9.35 Å². The van der Waals surface area contributed by atoms with Gasteiger partial charge in [-0.25, -0.2) is 13.0 Å². The molecule has 9 nitrogen and oxygen atoms in total. The summed E-state index contributed by atoms with van der Waals surface area (Å²) in [6.07, 6.45) is 0.648. The van der Waals surface area contributed by atoms with Crippen molar-refractivity contribution in [3.63, 3.8) is 0 Å². The second kappa shape index (κ2) is 14.2. The predicted molar refractivity (Wildman–Crippen MR) is 172 cm³/mol. The quantitative estimate of drug-likeness (QED) is 0.0778. The van der Waals surface area contributed by atoms with E-state index in [1.165, 1.54) is 47.4 Å². The van der Waals surface area contributed by atoms with Crippen LogP contribution in [0.5, 0.6) is 11.5 Å². The molecule has 0 bridgehead atoms. The van der Waals surface area contributed by atoms with Crippen LogP contribution in [0.25, 0.3) is 0 Å². The molecule has 0 radical (unpaired) electrons. The highest BCUT2D eigenvalue weighted by Crippen LogP contribution is 2.50. The highest BCUT2D eigenvalue weighted by atomic mass is 32.3. The Morgan fingerprint density at radius 3 is 2.13 bits per heavy atom. The van der Waals surface area contributed by atoms with Gasteiger partial charge in [0.1, 0.15) is 23.1 Å². The average molecular weight is 678 g/mol. The zero-order chi connectivity index (χ0) is 33.9. The minimum absolute atomic E-state index is 0.0551. The van der Waals surface area contributed by atoms with Crippen molar-refractivity contribution in [3.8, 4) is 11.5 Å². The number of carbonyl (C=O) groups excluding carboxylic acids is 1. The van der Waals surface area contributed by atoms with Gasteiger partial charge in [0.15, 0.2) is 8.32 Å². The van der Waals surface area contributed by atoms with Crippen molar-refractivity contribution >= 4 is 30.3 Å². The van der Waals surface area contributed by atoms with Crippen molar-refractivity contribution in [2.24, 2.45) is 5.92 Å². The maximum absolute atomic E-state index is 13.8. The van der Waals surface area contributed by atoms with Crippen LogP contribution in [0.2, 0.25) is 18.1 Å². The lowest BCUT2D eigenvalue weighted by Crippen LogP contribution is -2.55. The second-order valence-corrected chi connectivity index (χ2v) is 18.8. The predicted octanol–water partition coefficient (Wildman–Crippen LogP) is 7.51. The van der Waals surface area contributed by atoms with Gasteiger partial charge < -0.3 is 19.2 Å². The summed E-state index contributed by atoms with van der Waals surface area (Å²) < 4.78 is 74.3. The number of benzene rings is 3. The molecule has 1 heterocycles. The fraction of sp³-hybridized carbons (Fsp3) is 0.424. The Morgan fingerprint density at radius 1 is 0.957 bits per heavy atom. The zero-order valence-electron chi connectivity index (χ0n) is 26.6. The first-order chi connectivity index (χ1) is 21.5. The van der Waals surface area contributed by atoms with Crippen molar-refractivity contribution in [2.45, 2.75) is 70.3 Å². The molecule has 1 fully saturated rings. The van der Waals surface area contributed by atoms with Crippen LogP contribution in [0.3, 0.4) is 0 Å². The number of phenols is 1. The lowest BCUT2D eigenvalue weighted by atomic mass is 9.78. The summed E-state index contributed by atoms with van der Waals surface area (Å²) in [6, 6.07) is 15.9. The molecule has 46 heavy (non-hydrogen) atoms. The average Bonchev–Trinajstić information content (AvgIpc) is 2.96. The van der Waals surface area contributed by atoms with Gasteiger partial charge in [0.2, 0.25) is 5.91 Å². The van der Waals surface area contributed by atoms with E-state index in [4.69, 9.17) is 13.7 Å². The largest absolute Gasteiger partial charge is 0.507 e. The molecule has 0 aromatic heterocycles. The molecule has 250 valence electrons. The van der Waals surface area contributed by atoms with Crippen LogP contribution in [0.4, 0.5) is 14.5 Å². The Bertz CT molecular complexity index is 1610. The maximum atomic E-state index is 13.8. The molecular formula is C33H41F2NO8SSi. The van der Waals surface area contributed by atoms with Gasteiger partial charge in [-0.15, -0.1) is 0 Å². The number of anilines is 1. The van der Waals surface area contributed by atoms with Crippen LogP contribution in [0.15, 0.2) is 66.7 Å². The van der Waals surface area contributed by atoms with Gasteiger partial charge in [0.05, 0.1) is 31.3 Å². The van der Waals surface area contributed by atoms with E-state index in [0.29, 0.717) is 29.8 Å². The summed E-state index contributed by atoms with van der Waals surface area (Å²) in [7, 11) is -6.81. The van der Waals surface area contributed by atoms with E-state index < -0.39 is 36.5 Å². The van der Waals surface area contributed by atoms with E-state index in [1.54, 1.807) is 24.3 Å². The monoisotopic (exact) mass is 677 g/mol. The van der Waals surface area contributed by atoms with Gasteiger partial charge in [-0.2, -0.15) is 8.42 Å². The molecule has 1 amide bonds. The summed E-state index contributed by atoms with van der Waals surface area (Å²) in [5.41, 5.74) is 1.77.